The van der Waals surface area contributed by atoms with Crippen molar-refractivity contribution < 1.29 is 23.2 Å². The molecule has 0 saturated heterocycles. The van der Waals surface area contributed by atoms with Crippen LogP contribution in [0.15, 0.2) is 6.20 Å². The largest absolute Gasteiger partial charge is 0.465 e. The minimum Gasteiger partial charge on any atom is -0.465 e. The van der Waals surface area contributed by atoms with E-state index < -0.39 is 34.3 Å². The third-order valence-electron chi connectivity index (χ3n) is 2.12. The zero-order valence-electron chi connectivity index (χ0n) is 8.94. The van der Waals surface area contributed by atoms with Crippen molar-refractivity contribution in [2.75, 3.05) is 7.11 Å². The number of hydrogen-bond acceptors (Lipinski definition) is 5. The van der Waals surface area contributed by atoms with Gasteiger partial charge >= 0.3 is 5.97 Å². The predicted octanol–water partition coefficient (Wildman–Crippen LogP) is 2.02. The molecular weight excluding hydrogens is 238 g/mol. The van der Waals surface area contributed by atoms with Crippen LogP contribution in [0.5, 0.6) is 0 Å². The Hall–Kier alpha value is -2.12. The van der Waals surface area contributed by atoms with Gasteiger partial charge in [0.05, 0.1) is 17.6 Å². The van der Waals surface area contributed by atoms with E-state index in [1.165, 1.54) is 0 Å². The van der Waals surface area contributed by atoms with Crippen molar-refractivity contribution in [3.05, 3.63) is 33.1 Å². The SMILES string of the molecule is COC(=O)c1cnc(C(F)F)c(C)c1[N+](=O)[O-]. The fourth-order valence-corrected chi connectivity index (χ4v) is 1.33. The lowest BCUT2D eigenvalue weighted by Gasteiger charge is -2.07. The first-order valence-electron chi connectivity index (χ1n) is 4.40. The Kier molecular flexibility index (Phi) is 3.66. The summed E-state index contributed by atoms with van der Waals surface area (Å²) in [5, 5.41) is 10.8. The molecule has 0 radical (unpaired) electrons. The summed E-state index contributed by atoms with van der Waals surface area (Å²) in [6, 6.07) is 0. The van der Waals surface area contributed by atoms with Gasteiger partial charge in [0.15, 0.2) is 5.56 Å². The van der Waals surface area contributed by atoms with Gasteiger partial charge in [-0.05, 0) is 6.92 Å². The number of rotatable bonds is 3. The maximum absolute atomic E-state index is 12.5. The number of esters is 1. The lowest BCUT2D eigenvalue weighted by Crippen LogP contribution is -2.10. The van der Waals surface area contributed by atoms with Crippen LogP contribution in [0.2, 0.25) is 0 Å². The van der Waals surface area contributed by atoms with Crippen molar-refractivity contribution in [1.82, 2.24) is 4.98 Å². The average molecular weight is 246 g/mol. The van der Waals surface area contributed by atoms with E-state index in [1.54, 1.807) is 0 Å². The lowest BCUT2D eigenvalue weighted by atomic mass is 10.1. The molecule has 1 aromatic heterocycles. The minimum atomic E-state index is -2.94. The van der Waals surface area contributed by atoms with Crippen LogP contribution in [-0.4, -0.2) is 23.0 Å². The van der Waals surface area contributed by atoms with E-state index in [9.17, 15) is 23.7 Å². The van der Waals surface area contributed by atoms with Crippen LogP contribution < -0.4 is 0 Å². The van der Waals surface area contributed by atoms with Gasteiger partial charge in [0.2, 0.25) is 0 Å². The number of halogens is 2. The zero-order chi connectivity index (χ0) is 13.2. The van der Waals surface area contributed by atoms with E-state index in [0.717, 1.165) is 20.2 Å². The molecule has 0 aliphatic heterocycles. The number of aromatic nitrogens is 1. The maximum atomic E-state index is 12.5. The van der Waals surface area contributed by atoms with Crippen LogP contribution in [-0.2, 0) is 4.74 Å². The molecular formula is C9H8F2N2O4. The van der Waals surface area contributed by atoms with Crippen molar-refractivity contribution in [2.24, 2.45) is 0 Å². The molecule has 0 aliphatic rings. The van der Waals surface area contributed by atoms with Crippen LogP contribution in [0.1, 0.15) is 28.0 Å². The summed E-state index contributed by atoms with van der Waals surface area (Å²) in [5.41, 5.74) is -2.21. The molecule has 17 heavy (non-hydrogen) atoms. The van der Waals surface area contributed by atoms with Gasteiger partial charge in [-0.1, -0.05) is 0 Å². The van der Waals surface area contributed by atoms with E-state index in [2.05, 4.69) is 9.72 Å². The van der Waals surface area contributed by atoms with Crippen molar-refractivity contribution in [3.63, 3.8) is 0 Å². The molecule has 0 bridgehead atoms. The molecule has 0 fully saturated rings. The number of alkyl halides is 2. The highest BCUT2D eigenvalue weighted by molar-refractivity contribution is 5.94. The summed E-state index contributed by atoms with van der Waals surface area (Å²) in [6.07, 6.45) is -2.22. The minimum absolute atomic E-state index is 0.340. The topological polar surface area (TPSA) is 82.3 Å². The Morgan fingerprint density at radius 2 is 2.18 bits per heavy atom. The van der Waals surface area contributed by atoms with Crippen LogP contribution in [0, 0.1) is 17.0 Å². The van der Waals surface area contributed by atoms with Gasteiger partial charge in [0.25, 0.3) is 12.1 Å². The monoisotopic (exact) mass is 246 g/mol. The molecule has 1 aromatic rings. The summed E-state index contributed by atoms with van der Waals surface area (Å²) < 4.78 is 29.3. The van der Waals surface area contributed by atoms with Crippen molar-refractivity contribution in [2.45, 2.75) is 13.3 Å². The Morgan fingerprint density at radius 1 is 1.59 bits per heavy atom. The van der Waals surface area contributed by atoms with Gasteiger partial charge in [0, 0.05) is 6.20 Å². The molecule has 0 N–H and O–H groups in total. The maximum Gasteiger partial charge on any atom is 0.346 e. The molecule has 0 aliphatic carbocycles. The summed E-state index contributed by atoms with van der Waals surface area (Å²) in [6.45, 7) is 1.11. The average Bonchev–Trinajstić information content (AvgIpc) is 2.26. The van der Waals surface area contributed by atoms with Crippen LogP contribution in [0.25, 0.3) is 0 Å². The molecule has 0 aromatic carbocycles. The number of hydrogen-bond donors (Lipinski definition) is 0. The number of carbonyl (C=O) groups excluding carboxylic acids is 1. The third kappa shape index (κ3) is 2.35. The number of nitro groups is 1. The number of carbonyl (C=O) groups is 1. The molecule has 0 spiro atoms. The number of pyridine rings is 1. The van der Waals surface area contributed by atoms with Gasteiger partial charge in [-0.25, -0.2) is 13.6 Å². The summed E-state index contributed by atoms with van der Waals surface area (Å²) in [5.74, 6) is -0.992. The van der Waals surface area contributed by atoms with E-state index in [4.69, 9.17) is 0 Å². The van der Waals surface area contributed by atoms with Gasteiger partial charge in [-0.3, -0.25) is 15.1 Å². The summed E-state index contributed by atoms with van der Waals surface area (Å²) in [7, 11) is 1.03. The fourth-order valence-electron chi connectivity index (χ4n) is 1.33. The number of methoxy groups -OCH3 is 1. The van der Waals surface area contributed by atoms with Gasteiger partial charge < -0.3 is 4.74 Å². The molecule has 0 atom stereocenters. The van der Waals surface area contributed by atoms with E-state index in [-0.39, 0.29) is 5.56 Å². The number of ether oxygens (including phenoxy) is 1. The highest BCUT2D eigenvalue weighted by Gasteiger charge is 2.29. The Labute approximate surface area is 94.4 Å². The van der Waals surface area contributed by atoms with Crippen molar-refractivity contribution >= 4 is 11.7 Å². The van der Waals surface area contributed by atoms with Gasteiger partial charge in [-0.2, -0.15) is 0 Å². The quantitative estimate of drug-likeness (QED) is 0.463. The van der Waals surface area contributed by atoms with Crippen molar-refractivity contribution in [1.29, 1.82) is 0 Å². The highest BCUT2D eigenvalue weighted by Crippen LogP contribution is 2.30. The van der Waals surface area contributed by atoms with Gasteiger partial charge in [-0.15, -0.1) is 0 Å². The first kappa shape index (κ1) is 12.9. The molecule has 1 heterocycles. The first-order valence-corrected chi connectivity index (χ1v) is 4.40. The highest BCUT2D eigenvalue weighted by atomic mass is 19.3. The van der Waals surface area contributed by atoms with Crippen molar-refractivity contribution in [3.8, 4) is 0 Å². The Balaban J connectivity index is 3.50. The summed E-state index contributed by atoms with van der Waals surface area (Å²) >= 11 is 0. The normalized spacial score (nSPS) is 10.4. The Morgan fingerprint density at radius 3 is 2.59 bits per heavy atom. The molecule has 8 heteroatoms. The first-order chi connectivity index (χ1) is 7.90. The summed E-state index contributed by atoms with van der Waals surface area (Å²) in [4.78, 5) is 24.4. The van der Waals surface area contributed by atoms with Crippen LogP contribution in [0.3, 0.4) is 0 Å². The second-order valence-electron chi connectivity index (χ2n) is 3.08. The van der Waals surface area contributed by atoms with E-state index in [1.807, 2.05) is 0 Å². The fraction of sp³-hybridized carbons (Fsp3) is 0.333. The zero-order valence-corrected chi connectivity index (χ0v) is 8.94. The van der Waals surface area contributed by atoms with E-state index in [0.29, 0.717) is 0 Å². The smallest absolute Gasteiger partial charge is 0.346 e. The molecule has 6 nitrogen and oxygen atoms in total. The molecule has 0 amide bonds. The van der Waals surface area contributed by atoms with E-state index >= 15 is 0 Å². The van der Waals surface area contributed by atoms with Crippen LogP contribution >= 0.6 is 0 Å². The predicted molar refractivity (Wildman–Crippen MR) is 51.9 cm³/mol. The molecule has 0 saturated carbocycles. The second kappa shape index (κ2) is 4.81. The third-order valence-corrected chi connectivity index (χ3v) is 2.12. The van der Waals surface area contributed by atoms with Crippen LogP contribution in [0.4, 0.5) is 14.5 Å². The number of nitrogens with zero attached hydrogens (tertiary/aromatic N) is 2. The second-order valence-corrected chi connectivity index (χ2v) is 3.08. The Bertz CT molecular complexity index is 476. The standard InChI is InChI=1S/C9H8F2N2O4/c1-4-6(8(10)11)12-3-5(9(14)17-2)7(4)13(15)16/h3,8H,1-2H3. The molecule has 92 valence electrons. The molecule has 0 unspecified atom stereocenters. The van der Waals surface area contributed by atoms with Gasteiger partial charge in [0.1, 0.15) is 5.69 Å². The lowest BCUT2D eigenvalue weighted by molar-refractivity contribution is -0.385. The molecule has 1 rings (SSSR count).